The largest absolute Gasteiger partial charge is 0.347 e. The minimum Gasteiger partial charge on any atom is -0.347 e. The topological polar surface area (TPSA) is 80.9 Å². The van der Waals surface area contributed by atoms with E-state index in [9.17, 15) is 4.79 Å². The summed E-state index contributed by atoms with van der Waals surface area (Å²) in [5, 5.41) is 6.51. The van der Waals surface area contributed by atoms with Gasteiger partial charge in [-0.15, -0.1) is 5.10 Å². The van der Waals surface area contributed by atoms with Crippen LogP contribution >= 0.6 is 11.5 Å². The fraction of sp³-hybridized carbons (Fsp3) is 0.625. The highest BCUT2D eigenvalue weighted by Crippen LogP contribution is 2.17. The summed E-state index contributed by atoms with van der Waals surface area (Å²) in [5.74, 6) is -0.109. The molecule has 1 aromatic heterocycles. The van der Waals surface area contributed by atoms with Crippen molar-refractivity contribution in [2.24, 2.45) is 5.73 Å². The molecule has 1 amide bonds. The monoisotopic (exact) mass is 212 g/mol. The fourth-order valence-corrected chi connectivity index (χ4v) is 2.09. The molecule has 14 heavy (non-hydrogen) atoms. The molecule has 76 valence electrons. The van der Waals surface area contributed by atoms with Crippen molar-refractivity contribution in [3.8, 4) is 0 Å². The number of amides is 1. The molecule has 0 bridgehead atoms. The number of nitrogens with zero attached hydrogens (tertiary/aromatic N) is 2. The average molecular weight is 212 g/mol. The minimum atomic E-state index is -0.109. The number of nitrogens with two attached hydrogens (primary N) is 1. The third-order valence-electron chi connectivity index (χ3n) is 2.47. The molecular weight excluding hydrogens is 200 g/mol. The summed E-state index contributed by atoms with van der Waals surface area (Å²) < 4.78 is 3.64. The predicted molar refractivity (Wildman–Crippen MR) is 53.0 cm³/mol. The Hall–Kier alpha value is -1.01. The Morgan fingerprint density at radius 1 is 1.64 bits per heavy atom. The van der Waals surface area contributed by atoms with Crippen LogP contribution in [0, 0.1) is 0 Å². The molecule has 2 rings (SSSR count). The molecule has 1 aliphatic carbocycles. The molecule has 1 aromatic rings. The summed E-state index contributed by atoms with van der Waals surface area (Å²) in [5.41, 5.74) is 5.84. The van der Waals surface area contributed by atoms with E-state index in [1.54, 1.807) is 0 Å². The molecule has 1 aliphatic rings. The molecule has 0 radical (unpaired) electrons. The zero-order valence-corrected chi connectivity index (χ0v) is 8.46. The number of nitrogens with one attached hydrogen (secondary N) is 1. The van der Waals surface area contributed by atoms with Crippen LogP contribution in [0.25, 0.3) is 0 Å². The summed E-state index contributed by atoms with van der Waals surface area (Å²) in [4.78, 5) is 12.1. The summed E-state index contributed by atoms with van der Waals surface area (Å²) in [7, 11) is 0. The SMILES string of the molecule is NC1CCCC1NC(=O)c1cnns1. The smallest absolute Gasteiger partial charge is 0.264 e. The lowest BCUT2D eigenvalue weighted by atomic mass is 10.2. The number of carbonyl (C=O) groups is 1. The van der Waals surface area contributed by atoms with Crippen molar-refractivity contribution in [3.05, 3.63) is 11.1 Å². The Bertz CT molecular complexity index is 313. The van der Waals surface area contributed by atoms with Gasteiger partial charge in [0.25, 0.3) is 5.91 Å². The van der Waals surface area contributed by atoms with Crippen LogP contribution in [-0.4, -0.2) is 27.6 Å². The van der Waals surface area contributed by atoms with Gasteiger partial charge in [0.2, 0.25) is 0 Å². The van der Waals surface area contributed by atoms with Crippen molar-refractivity contribution < 1.29 is 4.79 Å². The number of hydrogen-bond acceptors (Lipinski definition) is 5. The zero-order chi connectivity index (χ0) is 9.97. The third kappa shape index (κ3) is 1.91. The zero-order valence-electron chi connectivity index (χ0n) is 7.64. The first-order chi connectivity index (χ1) is 6.77. The summed E-state index contributed by atoms with van der Waals surface area (Å²) >= 11 is 1.10. The van der Waals surface area contributed by atoms with Crippen molar-refractivity contribution in [3.63, 3.8) is 0 Å². The van der Waals surface area contributed by atoms with Gasteiger partial charge in [-0.05, 0) is 30.8 Å². The van der Waals surface area contributed by atoms with Crippen LogP contribution in [0.1, 0.15) is 28.9 Å². The third-order valence-corrected chi connectivity index (χ3v) is 3.13. The molecule has 0 aliphatic heterocycles. The molecule has 0 spiro atoms. The van der Waals surface area contributed by atoms with E-state index in [1.807, 2.05) is 0 Å². The van der Waals surface area contributed by atoms with Gasteiger partial charge >= 0.3 is 0 Å². The average Bonchev–Trinajstić information content (AvgIpc) is 2.77. The Morgan fingerprint density at radius 2 is 2.50 bits per heavy atom. The van der Waals surface area contributed by atoms with Gasteiger partial charge in [0, 0.05) is 12.1 Å². The predicted octanol–water partition coefficient (Wildman–Crippen LogP) is 0.148. The van der Waals surface area contributed by atoms with Crippen molar-refractivity contribution in [1.29, 1.82) is 0 Å². The van der Waals surface area contributed by atoms with E-state index in [-0.39, 0.29) is 18.0 Å². The van der Waals surface area contributed by atoms with Crippen molar-refractivity contribution in [2.75, 3.05) is 0 Å². The van der Waals surface area contributed by atoms with Gasteiger partial charge < -0.3 is 11.1 Å². The Kier molecular flexibility index (Phi) is 2.74. The van der Waals surface area contributed by atoms with Gasteiger partial charge in [-0.25, -0.2) is 0 Å². The second-order valence-electron chi connectivity index (χ2n) is 3.46. The maximum atomic E-state index is 11.6. The molecular formula is C8H12N4OS. The number of carbonyl (C=O) groups excluding carboxylic acids is 1. The second kappa shape index (κ2) is 4.02. The van der Waals surface area contributed by atoms with Gasteiger partial charge in [0.05, 0.1) is 6.20 Å². The molecule has 3 N–H and O–H groups in total. The summed E-state index contributed by atoms with van der Waals surface area (Å²) in [6.07, 6.45) is 4.53. The molecule has 0 aromatic carbocycles. The second-order valence-corrected chi connectivity index (χ2v) is 4.24. The number of rotatable bonds is 2. The lowest BCUT2D eigenvalue weighted by Crippen LogP contribution is -2.43. The molecule has 1 saturated carbocycles. The van der Waals surface area contributed by atoms with Crippen LogP contribution in [0.5, 0.6) is 0 Å². The number of aromatic nitrogens is 2. The van der Waals surface area contributed by atoms with Crippen molar-refractivity contribution >= 4 is 17.4 Å². The highest BCUT2D eigenvalue weighted by molar-refractivity contribution is 7.07. The van der Waals surface area contributed by atoms with Crippen LogP contribution in [-0.2, 0) is 0 Å². The van der Waals surface area contributed by atoms with Gasteiger partial charge in [-0.2, -0.15) is 0 Å². The van der Waals surface area contributed by atoms with Crippen LogP contribution in [0.15, 0.2) is 6.20 Å². The van der Waals surface area contributed by atoms with Crippen molar-refractivity contribution in [2.45, 2.75) is 31.3 Å². The lowest BCUT2D eigenvalue weighted by molar-refractivity contribution is 0.0938. The molecule has 1 heterocycles. The van der Waals surface area contributed by atoms with Gasteiger partial charge in [-0.1, -0.05) is 4.49 Å². The molecule has 1 fully saturated rings. The first-order valence-electron chi connectivity index (χ1n) is 4.61. The minimum absolute atomic E-state index is 0.0971. The van der Waals surface area contributed by atoms with Gasteiger partial charge in [0.15, 0.2) is 0 Å². The Morgan fingerprint density at radius 3 is 3.07 bits per heavy atom. The fourth-order valence-electron chi connectivity index (χ4n) is 1.67. The van der Waals surface area contributed by atoms with E-state index in [1.165, 1.54) is 6.20 Å². The van der Waals surface area contributed by atoms with E-state index in [0.29, 0.717) is 4.88 Å². The summed E-state index contributed by atoms with van der Waals surface area (Å²) in [6.45, 7) is 0. The van der Waals surface area contributed by atoms with E-state index in [0.717, 1.165) is 30.8 Å². The van der Waals surface area contributed by atoms with Crippen molar-refractivity contribution in [1.82, 2.24) is 14.9 Å². The molecule has 6 heteroatoms. The maximum Gasteiger partial charge on any atom is 0.264 e. The van der Waals surface area contributed by atoms with Gasteiger partial charge in [0.1, 0.15) is 4.88 Å². The van der Waals surface area contributed by atoms with E-state index in [4.69, 9.17) is 5.73 Å². The normalized spacial score (nSPS) is 26.4. The summed E-state index contributed by atoms with van der Waals surface area (Å²) in [6, 6.07) is 0.212. The Balaban J connectivity index is 1.95. The number of hydrogen-bond donors (Lipinski definition) is 2. The van der Waals surface area contributed by atoms with E-state index >= 15 is 0 Å². The first-order valence-corrected chi connectivity index (χ1v) is 5.38. The molecule has 2 atom stereocenters. The first kappa shape index (κ1) is 9.54. The highest BCUT2D eigenvalue weighted by Gasteiger charge is 2.25. The van der Waals surface area contributed by atoms with Crippen LogP contribution in [0.4, 0.5) is 0 Å². The molecule has 2 unspecified atom stereocenters. The quantitative estimate of drug-likeness (QED) is 0.731. The molecule has 5 nitrogen and oxygen atoms in total. The van der Waals surface area contributed by atoms with Crippen LogP contribution in [0.3, 0.4) is 0 Å². The van der Waals surface area contributed by atoms with Gasteiger partial charge in [-0.3, -0.25) is 4.79 Å². The Labute approximate surface area is 85.9 Å². The maximum absolute atomic E-state index is 11.6. The van der Waals surface area contributed by atoms with Crippen LogP contribution < -0.4 is 11.1 Å². The highest BCUT2D eigenvalue weighted by atomic mass is 32.1. The standard InChI is InChI=1S/C8H12N4OS/c9-5-2-1-3-6(5)11-8(13)7-4-10-12-14-7/h4-6H,1-3,9H2,(H,11,13). The lowest BCUT2D eigenvalue weighted by Gasteiger charge is -2.15. The van der Waals surface area contributed by atoms with E-state index < -0.39 is 0 Å². The van der Waals surface area contributed by atoms with E-state index in [2.05, 4.69) is 14.9 Å². The van der Waals surface area contributed by atoms with Crippen LogP contribution in [0.2, 0.25) is 0 Å². The molecule has 0 saturated heterocycles.